The van der Waals surface area contributed by atoms with Gasteiger partial charge in [-0.1, -0.05) is 31.5 Å². The summed E-state index contributed by atoms with van der Waals surface area (Å²) in [5.41, 5.74) is 7.05. The Labute approximate surface area is 124 Å². The van der Waals surface area contributed by atoms with Crippen molar-refractivity contribution < 1.29 is 4.92 Å². The standard InChI is InChI=1S/C15H21ClN2O2/c1-14(2)6-8-15(17,9-7-14)10-11-12(16)4-3-5-13(11)18(19)20/h3-5H,6-10,17H2,1-2H3. The van der Waals surface area contributed by atoms with Gasteiger partial charge in [-0.05, 0) is 43.6 Å². The van der Waals surface area contributed by atoms with E-state index >= 15 is 0 Å². The number of nitro groups is 1. The first-order chi connectivity index (χ1) is 9.22. The zero-order valence-electron chi connectivity index (χ0n) is 12.0. The summed E-state index contributed by atoms with van der Waals surface area (Å²) in [7, 11) is 0. The second-order valence-electron chi connectivity index (χ2n) is 6.70. The third-order valence-corrected chi connectivity index (χ3v) is 4.77. The van der Waals surface area contributed by atoms with Crippen LogP contribution in [0.4, 0.5) is 5.69 Å². The Balaban J connectivity index is 2.24. The molecule has 5 heteroatoms. The van der Waals surface area contributed by atoms with Crippen molar-refractivity contribution in [2.75, 3.05) is 0 Å². The number of benzene rings is 1. The molecule has 0 heterocycles. The van der Waals surface area contributed by atoms with Crippen LogP contribution in [0.5, 0.6) is 0 Å². The maximum absolute atomic E-state index is 11.1. The van der Waals surface area contributed by atoms with Gasteiger partial charge in [0.25, 0.3) is 5.69 Å². The van der Waals surface area contributed by atoms with Gasteiger partial charge in [0.05, 0.1) is 15.5 Å². The summed E-state index contributed by atoms with van der Waals surface area (Å²) in [5, 5.41) is 11.6. The van der Waals surface area contributed by atoms with Crippen molar-refractivity contribution in [2.24, 2.45) is 11.1 Å². The predicted molar refractivity (Wildman–Crippen MR) is 81.0 cm³/mol. The highest BCUT2D eigenvalue weighted by Gasteiger charge is 2.37. The Bertz CT molecular complexity index is 519. The molecule has 1 aromatic carbocycles. The van der Waals surface area contributed by atoms with Crippen molar-refractivity contribution in [3.05, 3.63) is 38.9 Å². The number of hydrogen-bond donors (Lipinski definition) is 1. The van der Waals surface area contributed by atoms with E-state index in [9.17, 15) is 10.1 Å². The number of nitro benzene ring substituents is 1. The van der Waals surface area contributed by atoms with Crippen LogP contribution in [0, 0.1) is 15.5 Å². The average molecular weight is 297 g/mol. The molecule has 0 radical (unpaired) electrons. The number of hydrogen-bond acceptors (Lipinski definition) is 3. The summed E-state index contributed by atoms with van der Waals surface area (Å²) in [5.74, 6) is 0. The van der Waals surface area contributed by atoms with Crippen LogP contribution in [-0.2, 0) is 6.42 Å². The Kier molecular flexibility index (Phi) is 4.07. The van der Waals surface area contributed by atoms with E-state index in [0.29, 0.717) is 22.4 Å². The van der Waals surface area contributed by atoms with Crippen LogP contribution in [0.3, 0.4) is 0 Å². The SMILES string of the molecule is CC1(C)CCC(N)(Cc2c(Cl)cccc2[N+](=O)[O-])CC1. The molecule has 20 heavy (non-hydrogen) atoms. The number of rotatable bonds is 3. The molecule has 2 N–H and O–H groups in total. The first-order valence-corrected chi connectivity index (χ1v) is 7.31. The van der Waals surface area contributed by atoms with Gasteiger partial charge in [-0.15, -0.1) is 0 Å². The molecular formula is C15H21ClN2O2. The molecule has 0 spiro atoms. The third-order valence-electron chi connectivity index (χ3n) is 4.42. The Morgan fingerprint density at radius 1 is 1.30 bits per heavy atom. The smallest absolute Gasteiger partial charge is 0.274 e. The highest BCUT2D eigenvalue weighted by molar-refractivity contribution is 6.31. The first kappa shape index (κ1) is 15.3. The third kappa shape index (κ3) is 3.30. The summed E-state index contributed by atoms with van der Waals surface area (Å²) in [6, 6.07) is 4.80. The number of nitrogens with two attached hydrogens (primary N) is 1. The summed E-state index contributed by atoms with van der Waals surface area (Å²) in [4.78, 5) is 10.8. The van der Waals surface area contributed by atoms with Gasteiger partial charge >= 0.3 is 0 Å². The van der Waals surface area contributed by atoms with E-state index < -0.39 is 0 Å². The average Bonchev–Trinajstić information content (AvgIpc) is 2.36. The monoisotopic (exact) mass is 296 g/mol. The molecular weight excluding hydrogens is 276 g/mol. The van der Waals surface area contributed by atoms with E-state index in [2.05, 4.69) is 13.8 Å². The quantitative estimate of drug-likeness (QED) is 0.674. The second kappa shape index (κ2) is 5.34. The lowest BCUT2D eigenvalue weighted by Crippen LogP contribution is -2.47. The number of nitrogens with zero attached hydrogens (tertiary/aromatic N) is 1. The molecule has 110 valence electrons. The minimum absolute atomic E-state index is 0.0761. The molecule has 0 atom stereocenters. The lowest BCUT2D eigenvalue weighted by Gasteiger charge is -2.41. The van der Waals surface area contributed by atoms with E-state index in [-0.39, 0.29) is 16.1 Å². The molecule has 0 bridgehead atoms. The van der Waals surface area contributed by atoms with Crippen LogP contribution in [0.1, 0.15) is 45.1 Å². The Hall–Kier alpha value is -1.13. The lowest BCUT2D eigenvalue weighted by atomic mass is 9.68. The minimum atomic E-state index is -0.384. The summed E-state index contributed by atoms with van der Waals surface area (Å²) in [6.07, 6.45) is 4.31. The zero-order chi connectivity index (χ0) is 15.0. The van der Waals surface area contributed by atoms with Crippen molar-refractivity contribution >= 4 is 17.3 Å². The van der Waals surface area contributed by atoms with E-state index in [4.69, 9.17) is 17.3 Å². The largest absolute Gasteiger partial charge is 0.325 e. The molecule has 1 aliphatic carbocycles. The molecule has 4 nitrogen and oxygen atoms in total. The molecule has 0 unspecified atom stereocenters. The molecule has 1 aromatic rings. The van der Waals surface area contributed by atoms with Crippen molar-refractivity contribution in [3.63, 3.8) is 0 Å². The fourth-order valence-electron chi connectivity index (χ4n) is 2.85. The molecule has 0 aliphatic heterocycles. The fraction of sp³-hybridized carbons (Fsp3) is 0.600. The van der Waals surface area contributed by atoms with Crippen molar-refractivity contribution in [1.82, 2.24) is 0 Å². The van der Waals surface area contributed by atoms with E-state index in [1.807, 2.05) is 0 Å². The van der Waals surface area contributed by atoms with Crippen LogP contribution in [0.15, 0.2) is 18.2 Å². The Morgan fingerprint density at radius 2 is 1.90 bits per heavy atom. The normalized spacial score (nSPS) is 20.6. The van der Waals surface area contributed by atoms with Gasteiger partial charge in [-0.25, -0.2) is 0 Å². The van der Waals surface area contributed by atoms with Crippen LogP contribution in [-0.4, -0.2) is 10.5 Å². The zero-order valence-corrected chi connectivity index (χ0v) is 12.7. The van der Waals surface area contributed by atoms with Gasteiger partial charge in [-0.2, -0.15) is 0 Å². The van der Waals surface area contributed by atoms with Crippen LogP contribution in [0.2, 0.25) is 5.02 Å². The van der Waals surface area contributed by atoms with Gasteiger partial charge in [0.15, 0.2) is 0 Å². The lowest BCUT2D eigenvalue weighted by molar-refractivity contribution is -0.385. The minimum Gasteiger partial charge on any atom is -0.325 e. The molecule has 0 amide bonds. The van der Waals surface area contributed by atoms with Gasteiger partial charge < -0.3 is 5.73 Å². The first-order valence-electron chi connectivity index (χ1n) is 6.93. The fourth-order valence-corrected chi connectivity index (χ4v) is 3.08. The van der Waals surface area contributed by atoms with Gasteiger partial charge in [0.1, 0.15) is 0 Å². The highest BCUT2D eigenvalue weighted by atomic mass is 35.5. The topological polar surface area (TPSA) is 69.2 Å². The molecule has 0 saturated heterocycles. The van der Waals surface area contributed by atoms with Crippen LogP contribution in [0.25, 0.3) is 0 Å². The number of halogens is 1. The van der Waals surface area contributed by atoms with E-state index in [1.165, 1.54) is 6.07 Å². The van der Waals surface area contributed by atoms with Gasteiger partial charge in [-0.3, -0.25) is 10.1 Å². The van der Waals surface area contributed by atoms with E-state index in [1.54, 1.807) is 12.1 Å². The maximum atomic E-state index is 11.1. The van der Waals surface area contributed by atoms with Crippen LogP contribution >= 0.6 is 11.6 Å². The van der Waals surface area contributed by atoms with Gasteiger partial charge in [0.2, 0.25) is 0 Å². The highest BCUT2D eigenvalue weighted by Crippen LogP contribution is 2.42. The maximum Gasteiger partial charge on any atom is 0.274 e. The van der Waals surface area contributed by atoms with Crippen LogP contribution < -0.4 is 5.73 Å². The Morgan fingerprint density at radius 3 is 2.45 bits per heavy atom. The van der Waals surface area contributed by atoms with Crippen molar-refractivity contribution in [2.45, 2.75) is 51.5 Å². The molecule has 1 aliphatic rings. The van der Waals surface area contributed by atoms with Crippen molar-refractivity contribution in [1.29, 1.82) is 0 Å². The summed E-state index contributed by atoms with van der Waals surface area (Å²) in [6.45, 7) is 4.48. The molecule has 0 aromatic heterocycles. The second-order valence-corrected chi connectivity index (χ2v) is 7.11. The molecule has 1 fully saturated rings. The van der Waals surface area contributed by atoms with Crippen molar-refractivity contribution in [3.8, 4) is 0 Å². The predicted octanol–water partition coefficient (Wildman–Crippen LogP) is 4.09. The van der Waals surface area contributed by atoms with Gasteiger partial charge in [0, 0.05) is 11.6 Å². The summed E-state index contributed by atoms with van der Waals surface area (Å²) < 4.78 is 0. The molecule has 1 saturated carbocycles. The molecule has 2 rings (SSSR count). The summed E-state index contributed by atoms with van der Waals surface area (Å²) >= 11 is 6.15. The van der Waals surface area contributed by atoms with E-state index in [0.717, 1.165) is 25.7 Å².